The minimum absolute atomic E-state index is 0.362. The van der Waals surface area contributed by atoms with E-state index in [2.05, 4.69) is 20.8 Å². The fourth-order valence-corrected chi connectivity index (χ4v) is 2.30. The number of hydrogen-bond donors (Lipinski definition) is 1. The number of halogens is 3. The SMILES string of the molecule is Cn1nnnc1-c1ccc(NC(=O)c2ccccc2C(F)(F)F)cc1. The number of hydrogen-bond acceptors (Lipinski definition) is 4. The summed E-state index contributed by atoms with van der Waals surface area (Å²) in [5.41, 5.74) is -0.340. The highest BCUT2D eigenvalue weighted by atomic mass is 19.4. The first kappa shape index (κ1) is 16.6. The number of carbonyl (C=O) groups is 1. The Bertz CT molecular complexity index is 903. The van der Waals surface area contributed by atoms with Crippen molar-refractivity contribution in [1.29, 1.82) is 0 Å². The van der Waals surface area contributed by atoms with Gasteiger partial charge < -0.3 is 5.32 Å². The van der Waals surface area contributed by atoms with E-state index < -0.39 is 23.2 Å². The second kappa shape index (κ2) is 6.34. The molecule has 128 valence electrons. The number of nitrogens with one attached hydrogen (secondary N) is 1. The van der Waals surface area contributed by atoms with Crippen LogP contribution in [0.2, 0.25) is 0 Å². The second-order valence-corrected chi connectivity index (χ2v) is 5.20. The van der Waals surface area contributed by atoms with Gasteiger partial charge in [-0.05, 0) is 46.8 Å². The van der Waals surface area contributed by atoms with Crippen molar-refractivity contribution in [2.45, 2.75) is 6.18 Å². The smallest absolute Gasteiger partial charge is 0.322 e. The van der Waals surface area contributed by atoms with Crippen molar-refractivity contribution < 1.29 is 18.0 Å². The lowest BCUT2D eigenvalue weighted by atomic mass is 10.1. The maximum absolute atomic E-state index is 13.0. The van der Waals surface area contributed by atoms with Gasteiger partial charge >= 0.3 is 6.18 Å². The van der Waals surface area contributed by atoms with Crippen molar-refractivity contribution >= 4 is 11.6 Å². The molecule has 6 nitrogen and oxygen atoms in total. The molecule has 3 aromatic rings. The topological polar surface area (TPSA) is 72.7 Å². The van der Waals surface area contributed by atoms with Gasteiger partial charge in [-0.25, -0.2) is 4.68 Å². The molecule has 1 aromatic heterocycles. The summed E-state index contributed by atoms with van der Waals surface area (Å²) in [5, 5.41) is 13.6. The number of tetrazole rings is 1. The third-order valence-corrected chi connectivity index (χ3v) is 3.50. The van der Waals surface area contributed by atoms with E-state index in [-0.39, 0.29) is 0 Å². The molecule has 2 aromatic carbocycles. The van der Waals surface area contributed by atoms with Crippen LogP contribution in [-0.2, 0) is 13.2 Å². The van der Waals surface area contributed by atoms with Gasteiger partial charge in [0.05, 0.1) is 11.1 Å². The first-order valence-electron chi connectivity index (χ1n) is 7.16. The van der Waals surface area contributed by atoms with Crippen molar-refractivity contribution in [2.24, 2.45) is 7.05 Å². The molecule has 1 N–H and O–H groups in total. The van der Waals surface area contributed by atoms with Gasteiger partial charge in [0.25, 0.3) is 5.91 Å². The Morgan fingerprint density at radius 2 is 1.76 bits per heavy atom. The molecule has 0 aliphatic rings. The number of aryl methyl sites for hydroxylation is 1. The summed E-state index contributed by atoms with van der Waals surface area (Å²) < 4.78 is 40.5. The van der Waals surface area contributed by atoms with Crippen molar-refractivity contribution in [2.75, 3.05) is 5.32 Å². The number of rotatable bonds is 3. The van der Waals surface area contributed by atoms with E-state index in [9.17, 15) is 18.0 Å². The van der Waals surface area contributed by atoms with E-state index in [1.54, 1.807) is 31.3 Å². The molecule has 9 heteroatoms. The lowest BCUT2D eigenvalue weighted by Crippen LogP contribution is -2.18. The van der Waals surface area contributed by atoms with E-state index >= 15 is 0 Å². The molecule has 0 saturated carbocycles. The van der Waals surface area contributed by atoms with Gasteiger partial charge in [0.2, 0.25) is 0 Å². The van der Waals surface area contributed by atoms with Gasteiger partial charge in [-0.3, -0.25) is 4.79 Å². The summed E-state index contributed by atoms with van der Waals surface area (Å²) in [6.07, 6.45) is -4.60. The van der Waals surface area contributed by atoms with Crippen LogP contribution in [0, 0.1) is 0 Å². The predicted octanol–water partition coefficient (Wildman–Crippen LogP) is 3.15. The van der Waals surface area contributed by atoms with Crippen LogP contribution in [-0.4, -0.2) is 26.1 Å². The molecule has 0 aliphatic heterocycles. The first-order chi connectivity index (χ1) is 11.9. The predicted molar refractivity (Wildman–Crippen MR) is 83.6 cm³/mol. The zero-order chi connectivity index (χ0) is 18.0. The van der Waals surface area contributed by atoms with E-state index in [1.165, 1.54) is 16.8 Å². The summed E-state index contributed by atoms with van der Waals surface area (Å²) in [7, 11) is 1.68. The highest BCUT2D eigenvalue weighted by Crippen LogP contribution is 2.32. The van der Waals surface area contributed by atoms with Crippen LogP contribution in [0.4, 0.5) is 18.9 Å². The number of nitrogens with zero attached hydrogens (tertiary/aromatic N) is 4. The van der Waals surface area contributed by atoms with Gasteiger partial charge in [0.15, 0.2) is 5.82 Å². The molecule has 3 rings (SSSR count). The fourth-order valence-electron chi connectivity index (χ4n) is 2.30. The first-order valence-corrected chi connectivity index (χ1v) is 7.16. The maximum Gasteiger partial charge on any atom is 0.417 e. The Kier molecular flexibility index (Phi) is 4.22. The monoisotopic (exact) mass is 347 g/mol. The van der Waals surface area contributed by atoms with Crippen molar-refractivity contribution in [1.82, 2.24) is 20.2 Å². The molecule has 0 aliphatic carbocycles. The zero-order valence-corrected chi connectivity index (χ0v) is 12.9. The highest BCUT2D eigenvalue weighted by molar-refractivity contribution is 6.05. The molecule has 0 spiro atoms. The number of benzene rings is 2. The van der Waals surface area contributed by atoms with Gasteiger partial charge in [-0.15, -0.1) is 5.10 Å². The van der Waals surface area contributed by atoms with E-state index in [0.29, 0.717) is 17.1 Å². The molecular weight excluding hydrogens is 335 g/mol. The molecule has 0 atom stereocenters. The van der Waals surface area contributed by atoms with E-state index in [0.717, 1.165) is 12.1 Å². The van der Waals surface area contributed by atoms with E-state index in [1.807, 2.05) is 0 Å². The maximum atomic E-state index is 13.0. The molecule has 0 unspecified atom stereocenters. The third kappa shape index (κ3) is 3.49. The van der Waals surface area contributed by atoms with E-state index in [4.69, 9.17) is 0 Å². The van der Waals surface area contributed by atoms with Crippen LogP contribution in [0.5, 0.6) is 0 Å². The van der Waals surface area contributed by atoms with Crippen LogP contribution < -0.4 is 5.32 Å². The van der Waals surface area contributed by atoms with Gasteiger partial charge in [-0.1, -0.05) is 12.1 Å². The number of aromatic nitrogens is 4. The minimum Gasteiger partial charge on any atom is -0.322 e. The summed E-state index contributed by atoms with van der Waals surface area (Å²) in [6.45, 7) is 0. The average molecular weight is 347 g/mol. The van der Waals surface area contributed by atoms with Crippen molar-refractivity contribution in [3.05, 3.63) is 59.7 Å². The lowest BCUT2D eigenvalue weighted by molar-refractivity contribution is -0.137. The minimum atomic E-state index is -4.60. The van der Waals surface area contributed by atoms with Gasteiger partial charge in [-0.2, -0.15) is 13.2 Å². The van der Waals surface area contributed by atoms with Gasteiger partial charge in [0.1, 0.15) is 0 Å². The summed E-state index contributed by atoms with van der Waals surface area (Å²) in [5.74, 6) is -0.304. The quantitative estimate of drug-likeness (QED) is 0.790. The number of amides is 1. The molecular formula is C16H12F3N5O. The average Bonchev–Trinajstić information content (AvgIpc) is 3.01. The fraction of sp³-hybridized carbons (Fsp3) is 0.125. The molecule has 25 heavy (non-hydrogen) atoms. The number of anilines is 1. The van der Waals surface area contributed by atoms with Crippen molar-refractivity contribution in [3.8, 4) is 11.4 Å². The van der Waals surface area contributed by atoms with Crippen molar-refractivity contribution in [3.63, 3.8) is 0 Å². The Morgan fingerprint density at radius 3 is 2.36 bits per heavy atom. The van der Waals surface area contributed by atoms with Gasteiger partial charge in [0, 0.05) is 18.3 Å². The summed E-state index contributed by atoms with van der Waals surface area (Å²) >= 11 is 0. The van der Waals surface area contributed by atoms with Crippen LogP contribution >= 0.6 is 0 Å². The van der Waals surface area contributed by atoms with Crippen LogP contribution in [0.1, 0.15) is 15.9 Å². The highest BCUT2D eigenvalue weighted by Gasteiger charge is 2.34. The normalized spacial score (nSPS) is 11.4. The summed E-state index contributed by atoms with van der Waals surface area (Å²) in [6, 6.07) is 11.1. The van der Waals surface area contributed by atoms with Crippen LogP contribution in [0.25, 0.3) is 11.4 Å². The molecule has 0 saturated heterocycles. The Labute approximate surface area is 140 Å². The third-order valence-electron chi connectivity index (χ3n) is 3.50. The zero-order valence-electron chi connectivity index (χ0n) is 12.9. The number of carbonyl (C=O) groups excluding carboxylic acids is 1. The molecule has 0 bridgehead atoms. The number of alkyl halides is 3. The lowest BCUT2D eigenvalue weighted by Gasteiger charge is -2.12. The standard InChI is InChI=1S/C16H12F3N5O/c1-24-14(21-22-23-24)10-6-8-11(9-7-10)20-15(25)12-4-2-3-5-13(12)16(17,18)19/h2-9H,1H3,(H,20,25). The Balaban J connectivity index is 1.82. The van der Waals surface area contributed by atoms with Crippen LogP contribution in [0.15, 0.2) is 48.5 Å². The molecule has 0 radical (unpaired) electrons. The molecule has 1 amide bonds. The largest absolute Gasteiger partial charge is 0.417 e. The Hall–Kier alpha value is -3.23. The summed E-state index contributed by atoms with van der Waals surface area (Å²) in [4.78, 5) is 12.2. The molecule has 0 fully saturated rings. The second-order valence-electron chi connectivity index (χ2n) is 5.20. The Morgan fingerprint density at radius 1 is 1.08 bits per heavy atom. The van der Waals surface area contributed by atoms with Crippen LogP contribution in [0.3, 0.4) is 0 Å². The molecule has 1 heterocycles.